The minimum atomic E-state index is -0.833. The average Bonchev–Trinajstić information content (AvgIpc) is 2.94. The lowest BCUT2D eigenvalue weighted by Crippen LogP contribution is -2.47. The van der Waals surface area contributed by atoms with Crippen molar-refractivity contribution in [3.05, 3.63) is 59.7 Å². The third-order valence-electron chi connectivity index (χ3n) is 6.13. The Morgan fingerprint density at radius 3 is 1.29 bits per heavy atom. The number of piperazine rings is 1. The Morgan fingerprint density at radius 1 is 0.690 bits per heavy atom. The first kappa shape index (κ1) is 33.9. The molecule has 3 rings (SSSR count). The maximum atomic E-state index is 11.1. The van der Waals surface area contributed by atoms with E-state index in [4.69, 9.17) is 30.2 Å². The second-order valence-corrected chi connectivity index (χ2v) is 9.77. The monoisotopic (exact) mass is 582 g/mol. The molecule has 5 N–H and O–H groups in total. The molecule has 1 heterocycles. The van der Waals surface area contributed by atoms with Crippen LogP contribution in [0, 0.1) is 10.8 Å². The van der Waals surface area contributed by atoms with E-state index in [1.165, 1.54) is 13.8 Å². The van der Waals surface area contributed by atoms with Crippen molar-refractivity contribution >= 4 is 29.5 Å². The van der Waals surface area contributed by atoms with Crippen LogP contribution in [0.15, 0.2) is 48.5 Å². The first-order valence-corrected chi connectivity index (χ1v) is 13.9. The predicted octanol–water partition coefficient (Wildman–Crippen LogP) is 2.56. The number of amidine groups is 2. The standard InChI is InChI=1S/C28H38N6O4.C2H4O2/c1-21(35)31-27(29)23-5-9-25(10-6-23)37-19-3-13-33-15-17-34(18-16-33)14-4-20-38-26-11-7-24(8-12-26)28(30)32-22(2)36;1-2(3)4/h5-12H,3-4,13-20H2,1-2H3,(H2,29,31,35)(H2,30,32,36);1H3,(H,3,4). The molecule has 12 nitrogen and oxygen atoms in total. The number of benzene rings is 2. The molecule has 0 bridgehead atoms. The van der Waals surface area contributed by atoms with Crippen molar-refractivity contribution in [2.24, 2.45) is 0 Å². The molecule has 42 heavy (non-hydrogen) atoms. The first-order chi connectivity index (χ1) is 20.0. The number of carbonyl (C=O) groups excluding carboxylic acids is 2. The Balaban J connectivity index is 0.00000144. The van der Waals surface area contributed by atoms with Gasteiger partial charge in [-0.15, -0.1) is 0 Å². The van der Waals surface area contributed by atoms with E-state index in [-0.39, 0.29) is 23.5 Å². The molecule has 1 saturated heterocycles. The minimum Gasteiger partial charge on any atom is -0.494 e. The van der Waals surface area contributed by atoms with Gasteiger partial charge in [-0.3, -0.25) is 25.2 Å². The van der Waals surface area contributed by atoms with Crippen LogP contribution >= 0.6 is 0 Å². The van der Waals surface area contributed by atoms with Crippen molar-refractivity contribution in [3.63, 3.8) is 0 Å². The number of ether oxygens (including phenoxy) is 2. The Hall–Kier alpha value is -4.29. The normalized spacial score (nSPS) is 13.2. The zero-order chi connectivity index (χ0) is 30.9. The number of hydrogen-bond donors (Lipinski definition) is 5. The molecule has 0 spiro atoms. The highest BCUT2D eigenvalue weighted by atomic mass is 16.5. The van der Waals surface area contributed by atoms with Crippen LogP contribution in [0.5, 0.6) is 11.5 Å². The Kier molecular flexibility index (Phi) is 14.7. The number of carbonyl (C=O) groups is 3. The summed E-state index contributed by atoms with van der Waals surface area (Å²) in [5, 5.41) is 28.0. The van der Waals surface area contributed by atoms with Gasteiger partial charge in [0.15, 0.2) is 0 Å². The van der Waals surface area contributed by atoms with Gasteiger partial charge in [0.1, 0.15) is 23.2 Å². The van der Waals surface area contributed by atoms with E-state index in [9.17, 15) is 9.59 Å². The van der Waals surface area contributed by atoms with Gasteiger partial charge < -0.3 is 35.0 Å². The molecule has 1 fully saturated rings. The Labute approximate surface area is 247 Å². The van der Waals surface area contributed by atoms with Crippen LogP contribution in [-0.4, -0.2) is 96.8 Å². The molecule has 0 aliphatic carbocycles. The number of carboxylic acid groups (broad SMARTS) is 1. The number of aliphatic carboxylic acids is 1. The zero-order valence-corrected chi connectivity index (χ0v) is 24.6. The summed E-state index contributed by atoms with van der Waals surface area (Å²) in [6, 6.07) is 14.4. The molecule has 0 aromatic heterocycles. The molecule has 1 aliphatic rings. The molecular weight excluding hydrogens is 540 g/mol. The van der Waals surface area contributed by atoms with E-state index in [2.05, 4.69) is 20.4 Å². The van der Waals surface area contributed by atoms with Crippen molar-refractivity contribution in [2.75, 3.05) is 52.5 Å². The SMILES string of the molecule is CC(=O)NC(=N)c1ccc(OCCCN2CCN(CCCOc3ccc(C(=N)NC(C)=O)cc3)CC2)cc1.CC(=O)O. The van der Waals surface area contributed by atoms with Crippen LogP contribution in [0.1, 0.15) is 44.7 Å². The summed E-state index contributed by atoms with van der Waals surface area (Å²) in [4.78, 5) is 36.1. The van der Waals surface area contributed by atoms with Gasteiger partial charge in [-0.2, -0.15) is 0 Å². The highest BCUT2D eigenvalue weighted by Crippen LogP contribution is 2.14. The second kappa shape index (κ2) is 18.2. The maximum Gasteiger partial charge on any atom is 0.300 e. The molecule has 0 unspecified atom stereocenters. The average molecular weight is 583 g/mol. The fourth-order valence-corrected chi connectivity index (χ4v) is 4.12. The molecular formula is C30H42N6O6. The molecule has 2 aromatic carbocycles. The number of nitrogens with one attached hydrogen (secondary N) is 4. The molecule has 2 amide bonds. The molecule has 2 aromatic rings. The van der Waals surface area contributed by atoms with Crippen molar-refractivity contribution in [2.45, 2.75) is 33.6 Å². The van der Waals surface area contributed by atoms with Gasteiger partial charge in [-0.25, -0.2) is 0 Å². The van der Waals surface area contributed by atoms with E-state index in [1.54, 1.807) is 24.3 Å². The molecule has 0 saturated carbocycles. The van der Waals surface area contributed by atoms with Gasteiger partial charge in [-0.1, -0.05) is 0 Å². The quantitative estimate of drug-likeness (QED) is 0.145. The summed E-state index contributed by atoms with van der Waals surface area (Å²) < 4.78 is 11.7. The topological polar surface area (TPSA) is 168 Å². The van der Waals surface area contributed by atoms with Gasteiger partial charge in [0.25, 0.3) is 5.97 Å². The van der Waals surface area contributed by atoms with E-state index in [1.807, 2.05) is 24.3 Å². The highest BCUT2D eigenvalue weighted by molar-refractivity contribution is 6.06. The van der Waals surface area contributed by atoms with Gasteiger partial charge >= 0.3 is 0 Å². The van der Waals surface area contributed by atoms with Crippen LogP contribution < -0.4 is 20.1 Å². The molecule has 0 radical (unpaired) electrons. The molecule has 0 atom stereocenters. The largest absolute Gasteiger partial charge is 0.494 e. The smallest absolute Gasteiger partial charge is 0.300 e. The second-order valence-electron chi connectivity index (χ2n) is 9.77. The van der Waals surface area contributed by atoms with Crippen LogP contribution in [-0.2, 0) is 14.4 Å². The predicted molar refractivity (Wildman–Crippen MR) is 161 cm³/mol. The van der Waals surface area contributed by atoms with Gasteiger partial charge in [0.2, 0.25) is 11.8 Å². The Bertz CT molecular complexity index is 1090. The number of rotatable bonds is 12. The van der Waals surface area contributed by atoms with E-state index in [0.717, 1.165) is 70.5 Å². The summed E-state index contributed by atoms with van der Waals surface area (Å²) >= 11 is 0. The van der Waals surface area contributed by atoms with E-state index < -0.39 is 5.97 Å². The van der Waals surface area contributed by atoms with Gasteiger partial charge in [-0.05, 0) is 61.4 Å². The fourth-order valence-electron chi connectivity index (χ4n) is 4.12. The minimum absolute atomic E-state index is 0.0874. The summed E-state index contributed by atoms with van der Waals surface area (Å²) in [5.74, 6) is 0.351. The van der Waals surface area contributed by atoms with Crippen LogP contribution in [0.25, 0.3) is 0 Å². The summed E-state index contributed by atoms with van der Waals surface area (Å²) in [6.07, 6.45) is 1.89. The highest BCUT2D eigenvalue weighted by Gasteiger charge is 2.16. The van der Waals surface area contributed by atoms with E-state index in [0.29, 0.717) is 24.3 Å². The lowest BCUT2D eigenvalue weighted by molar-refractivity contribution is -0.134. The molecule has 12 heteroatoms. The number of nitrogens with zero attached hydrogens (tertiary/aromatic N) is 2. The van der Waals surface area contributed by atoms with Crippen LogP contribution in [0.2, 0.25) is 0 Å². The third kappa shape index (κ3) is 13.9. The number of amides is 2. The lowest BCUT2D eigenvalue weighted by Gasteiger charge is -2.34. The fraction of sp³-hybridized carbons (Fsp3) is 0.433. The first-order valence-electron chi connectivity index (χ1n) is 13.9. The van der Waals surface area contributed by atoms with Crippen LogP contribution in [0.3, 0.4) is 0 Å². The summed E-state index contributed by atoms with van der Waals surface area (Å²) in [5.41, 5.74) is 1.29. The van der Waals surface area contributed by atoms with Crippen molar-refractivity contribution < 1.29 is 29.0 Å². The molecule has 1 aliphatic heterocycles. The maximum absolute atomic E-state index is 11.1. The third-order valence-corrected chi connectivity index (χ3v) is 6.13. The zero-order valence-electron chi connectivity index (χ0n) is 24.6. The van der Waals surface area contributed by atoms with Crippen molar-refractivity contribution in [3.8, 4) is 11.5 Å². The Morgan fingerprint density at radius 2 is 1.00 bits per heavy atom. The van der Waals surface area contributed by atoms with Crippen molar-refractivity contribution in [1.82, 2.24) is 20.4 Å². The number of carboxylic acids is 1. The van der Waals surface area contributed by atoms with E-state index >= 15 is 0 Å². The van der Waals surface area contributed by atoms with Gasteiger partial charge in [0, 0.05) is 71.2 Å². The van der Waals surface area contributed by atoms with Crippen molar-refractivity contribution in [1.29, 1.82) is 10.8 Å². The number of hydrogen-bond acceptors (Lipinski definition) is 9. The summed E-state index contributed by atoms with van der Waals surface area (Å²) in [7, 11) is 0. The van der Waals surface area contributed by atoms with Gasteiger partial charge in [0.05, 0.1) is 13.2 Å². The van der Waals surface area contributed by atoms with Crippen LogP contribution in [0.4, 0.5) is 0 Å². The summed E-state index contributed by atoms with van der Waals surface area (Å²) in [6.45, 7) is 11.3. The molecule has 228 valence electrons. The lowest BCUT2D eigenvalue weighted by atomic mass is 10.2.